The number of alkyl halides is 3. The molecule has 2 aromatic carbocycles. The van der Waals surface area contributed by atoms with Crippen molar-refractivity contribution in [1.82, 2.24) is 14.7 Å². The molecule has 1 heterocycles. The maximum Gasteiger partial charge on any atom is 0.422 e. The zero-order chi connectivity index (χ0) is 24.2. The van der Waals surface area contributed by atoms with Gasteiger partial charge in [-0.2, -0.15) is 13.2 Å². The van der Waals surface area contributed by atoms with Gasteiger partial charge >= 0.3 is 6.18 Å². The number of hydrogen-bond donors (Lipinski definition) is 3. The first-order chi connectivity index (χ1) is 15.5. The fourth-order valence-electron chi connectivity index (χ4n) is 2.53. The first kappa shape index (κ1) is 27.0. The lowest BCUT2D eigenvalue weighted by Crippen LogP contribution is -2.20. The molecule has 34 heavy (non-hydrogen) atoms. The van der Waals surface area contributed by atoms with E-state index >= 15 is 0 Å². The summed E-state index contributed by atoms with van der Waals surface area (Å²) in [7, 11) is -2.73. The van der Waals surface area contributed by atoms with E-state index in [1.807, 2.05) is 0 Å². The van der Waals surface area contributed by atoms with E-state index in [1.165, 1.54) is 19.2 Å². The molecule has 1 aromatic heterocycles. The van der Waals surface area contributed by atoms with Crippen molar-refractivity contribution in [2.75, 3.05) is 24.3 Å². The largest absolute Gasteiger partial charge is 0.482 e. The van der Waals surface area contributed by atoms with Crippen LogP contribution in [0.15, 0.2) is 53.7 Å². The van der Waals surface area contributed by atoms with Crippen LogP contribution in [0.2, 0.25) is 0 Å². The van der Waals surface area contributed by atoms with Crippen LogP contribution in [-0.4, -0.2) is 38.2 Å². The first-order valence-electron chi connectivity index (χ1n) is 9.05. The second kappa shape index (κ2) is 10.8. The lowest BCUT2D eigenvalue weighted by molar-refractivity contribution is -0.153. The van der Waals surface area contributed by atoms with Crippen molar-refractivity contribution in [2.45, 2.75) is 11.1 Å². The Kier molecular flexibility index (Phi) is 8.58. The summed E-state index contributed by atoms with van der Waals surface area (Å²) in [5.41, 5.74) is 0.0583. The smallest absolute Gasteiger partial charge is 0.422 e. The molecule has 15 heteroatoms. The standard InChI is InChI=1S/C19H16F5N5O3S.ClH/c1-25-33(30,31)12-3-5-16(32-9-19(22,23)24)15(7-12)29-18-8-17(26-10-27-18)28-11-2-4-13(20)14(21)6-11;/h2-8,10,25H,9H2,1H3,(H2,26,27,28,29);1H. The SMILES string of the molecule is CNS(=O)(=O)c1ccc(OCC(F)(F)F)c(Nc2cc(Nc3ccc(F)c(F)c3)ncn2)c1.Cl. The monoisotopic (exact) mass is 525 g/mol. The third-order valence-corrected chi connectivity index (χ3v) is 5.46. The molecular weight excluding hydrogens is 509 g/mol. The maximum atomic E-state index is 13.4. The number of anilines is 4. The van der Waals surface area contributed by atoms with Crippen molar-refractivity contribution in [3.8, 4) is 5.75 Å². The van der Waals surface area contributed by atoms with E-state index in [4.69, 9.17) is 4.74 Å². The fraction of sp³-hybridized carbons (Fsp3) is 0.158. The van der Waals surface area contributed by atoms with Crippen molar-refractivity contribution in [3.05, 3.63) is 60.4 Å². The third-order valence-electron chi connectivity index (χ3n) is 4.04. The molecule has 0 aliphatic rings. The van der Waals surface area contributed by atoms with Gasteiger partial charge in [0, 0.05) is 17.8 Å². The Morgan fingerprint density at radius 1 is 0.941 bits per heavy atom. The molecule has 0 amide bonds. The summed E-state index contributed by atoms with van der Waals surface area (Å²) in [5, 5.41) is 5.40. The highest BCUT2D eigenvalue weighted by Gasteiger charge is 2.29. The number of hydrogen-bond acceptors (Lipinski definition) is 7. The molecule has 0 saturated heterocycles. The third kappa shape index (κ3) is 7.13. The highest BCUT2D eigenvalue weighted by Crippen LogP contribution is 2.32. The molecule has 0 atom stereocenters. The predicted octanol–water partition coefficient (Wildman–Crippen LogP) is 4.51. The number of sulfonamides is 1. The number of nitrogens with zero attached hydrogens (tertiary/aromatic N) is 2. The highest BCUT2D eigenvalue weighted by molar-refractivity contribution is 7.89. The Hall–Kier alpha value is -3.23. The number of rotatable bonds is 8. The molecule has 0 bridgehead atoms. The molecule has 184 valence electrons. The Morgan fingerprint density at radius 3 is 2.24 bits per heavy atom. The van der Waals surface area contributed by atoms with Crippen LogP contribution in [0.1, 0.15) is 0 Å². The molecule has 0 spiro atoms. The minimum atomic E-state index is -4.62. The Morgan fingerprint density at radius 2 is 1.62 bits per heavy atom. The summed E-state index contributed by atoms with van der Waals surface area (Å²) in [6, 6.07) is 7.62. The Labute approximate surface area is 197 Å². The summed E-state index contributed by atoms with van der Waals surface area (Å²) in [4.78, 5) is 7.62. The van der Waals surface area contributed by atoms with Crippen LogP contribution >= 0.6 is 12.4 Å². The van der Waals surface area contributed by atoms with Gasteiger partial charge in [0.15, 0.2) is 18.2 Å². The fourth-order valence-corrected chi connectivity index (χ4v) is 3.29. The normalized spacial score (nSPS) is 11.5. The average Bonchev–Trinajstić information content (AvgIpc) is 2.75. The van der Waals surface area contributed by atoms with Crippen LogP contribution in [0.4, 0.5) is 45.0 Å². The molecule has 3 N–H and O–H groups in total. The number of ether oxygens (including phenoxy) is 1. The summed E-state index contributed by atoms with van der Waals surface area (Å²) >= 11 is 0. The molecule has 0 aliphatic heterocycles. The first-order valence-corrected chi connectivity index (χ1v) is 10.5. The molecule has 3 aromatic rings. The van der Waals surface area contributed by atoms with Gasteiger partial charge in [-0.05, 0) is 37.4 Å². The van der Waals surface area contributed by atoms with Gasteiger partial charge in [0.1, 0.15) is 23.7 Å². The topological polar surface area (TPSA) is 105 Å². The lowest BCUT2D eigenvalue weighted by Gasteiger charge is -2.16. The van der Waals surface area contributed by atoms with Gasteiger partial charge in [-0.15, -0.1) is 12.4 Å². The molecule has 0 saturated carbocycles. The van der Waals surface area contributed by atoms with Crippen molar-refractivity contribution >= 4 is 45.4 Å². The number of benzene rings is 2. The predicted molar refractivity (Wildman–Crippen MR) is 116 cm³/mol. The van der Waals surface area contributed by atoms with Crippen LogP contribution in [0.25, 0.3) is 0 Å². The molecule has 0 aliphatic carbocycles. The van der Waals surface area contributed by atoms with E-state index < -0.39 is 34.4 Å². The van der Waals surface area contributed by atoms with Crippen LogP contribution in [0.5, 0.6) is 5.75 Å². The second-order valence-corrected chi connectivity index (χ2v) is 8.32. The van der Waals surface area contributed by atoms with Gasteiger partial charge in [-0.25, -0.2) is 31.9 Å². The quantitative estimate of drug-likeness (QED) is 0.372. The van der Waals surface area contributed by atoms with Crippen LogP contribution < -0.4 is 20.1 Å². The van der Waals surface area contributed by atoms with E-state index in [-0.39, 0.29) is 46.1 Å². The van der Waals surface area contributed by atoms with Crippen molar-refractivity contribution in [2.24, 2.45) is 0 Å². The zero-order valence-corrected chi connectivity index (χ0v) is 18.8. The molecule has 0 unspecified atom stereocenters. The summed E-state index contributed by atoms with van der Waals surface area (Å²) < 4.78 is 95.4. The summed E-state index contributed by atoms with van der Waals surface area (Å²) in [6.07, 6.45) is -3.53. The molecule has 3 rings (SSSR count). The number of halogens is 6. The summed E-state index contributed by atoms with van der Waals surface area (Å²) in [6.45, 7) is -1.60. The Bertz CT molecular complexity index is 1260. The van der Waals surface area contributed by atoms with E-state index in [9.17, 15) is 30.4 Å². The van der Waals surface area contributed by atoms with E-state index in [1.54, 1.807) is 0 Å². The van der Waals surface area contributed by atoms with Gasteiger partial charge in [0.2, 0.25) is 10.0 Å². The van der Waals surface area contributed by atoms with Gasteiger partial charge in [0.25, 0.3) is 0 Å². The highest BCUT2D eigenvalue weighted by atomic mass is 35.5. The second-order valence-electron chi connectivity index (χ2n) is 6.44. The lowest BCUT2D eigenvalue weighted by atomic mass is 10.3. The van der Waals surface area contributed by atoms with Crippen molar-refractivity contribution in [1.29, 1.82) is 0 Å². The van der Waals surface area contributed by atoms with Crippen molar-refractivity contribution in [3.63, 3.8) is 0 Å². The van der Waals surface area contributed by atoms with Gasteiger partial charge < -0.3 is 15.4 Å². The van der Waals surface area contributed by atoms with Crippen molar-refractivity contribution < 1.29 is 35.1 Å². The maximum absolute atomic E-state index is 13.4. The molecule has 0 radical (unpaired) electrons. The zero-order valence-electron chi connectivity index (χ0n) is 17.2. The van der Waals surface area contributed by atoms with Gasteiger partial charge in [-0.3, -0.25) is 0 Å². The minimum Gasteiger partial charge on any atom is -0.482 e. The average molecular weight is 526 g/mol. The van der Waals surface area contributed by atoms with E-state index in [0.717, 1.165) is 36.7 Å². The number of aromatic nitrogens is 2. The van der Waals surface area contributed by atoms with Crippen LogP contribution in [0, 0.1) is 11.6 Å². The van der Waals surface area contributed by atoms with Gasteiger partial charge in [0.05, 0.1) is 10.6 Å². The molecule has 0 fully saturated rings. The minimum absolute atomic E-state index is 0. The van der Waals surface area contributed by atoms with E-state index in [0.29, 0.717) is 0 Å². The van der Waals surface area contributed by atoms with Crippen LogP contribution in [0.3, 0.4) is 0 Å². The van der Waals surface area contributed by atoms with Gasteiger partial charge in [-0.1, -0.05) is 0 Å². The van der Waals surface area contributed by atoms with E-state index in [2.05, 4.69) is 25.3 Å². The Balaban J connectivity index is 0.00000408. The summed E-state index contributed by atoms with van der Waals surface area (Å²) in [5.74, 6) is -2.22. The number of nitrogens with one attached hydrogen (secondary N) is 3. The molecule has 8 nitrogen and oxygen atoms in total. The molecular formula is C19H17ClF5N5O3S. The van der Waals surface area contributed by atoms with Crippen LogP contribution in [-0.2, 0) is 10.0 Å².